The Balaban J connectivity index is 2.28. The molecule has 0 fully saturated rings. The van der Waals surface area contributed by atoms with Gasteiger partial charge in [-0.1, -0.05) is 30.3 Å². The number of para-hydroxylation sites is 1. The van der Waals surface area contributed by atoms with Gasteiger partial charge in [0.15, 0.2) is 0 Å². The van der Waals surface area contributed by atoms with Crippen molar-refractivity contribution in [3.8, 4) is 0 Å². The number of carbonyl (C=O) groups is 1. The second-order valence-corrected chi connectivity index (χ2v) is 5.86. The van der Waals surface area contributed by atoms with Crippen LogP contribution in [0.3, 0.4) is 0 Å². The molecule has 0 bridgehead atoms. The molecular formula is C16H16ClNOS. The molecule has 0 saturated heterocycles. The molecule has 1 unspecified atom stereocenters. The lowest BCUT2D eigenvalue weighted by Gasteiger charge is -2.13. The average Bonchev–Trinajstić information content (AvgIpc) is 2.47. The van der Waals surface area contributed by atoms with E-state index in [0.29, 0.717) is 5.56 Å². The molecule has 0 saturated carbocycles. The van der Waals surface area contributed by atoms with Gasteiger partial charge in [0.05, 0.1) is 10.9 Å². The van der Waals surface area contributed by atoms with E-state index >= 15 is 0 Å². The third kappa shape index (κ3) is 3.35. The number of nitrogens with one attached hydrogen (secondary N) is 1. The maximum atomic E-state index is 12.4. The molecule has 0 radical (unpaired) electrons. The molecular weight excluding hydrogens is 290 g/mol. The maximum absolute atomic E-state index is 12.4. The van der Waals surface area contributed by atoms with Crippen molar-refractivity contribution in [2.75, 3.05) is 11.6 Å². The number of thioether (sulfide) groups is 1. The first-order valence-electron chi connectivity index (χ1n) is 6.31. The van der Waals surface area contributed by atoms with Gasteiger partial charge in [-0.15, -0.1) is 23.4 Å². The van der Waals surface area contributed by atoms with Crippen LogP contribution >= 0.6 is 23.4 Å². The second kappa shape index (κ2) is 6.82. The van der Waals surface area contributed by atoms with Gasteiger partial charge in [0.25, 0.3) is 5.91 Å². The highest BCUT2D eigenvalue weighted by molar-refractivity contribution is 7.98. The summed E-state index contributed by atoms with van der Waals surface area (Å²) in [4.78, 5) is 13.4. The smallest absolute Gasteiger partial charge is 0.256 e. The Labute approximate surface area is 128 Å². The third-order valence-electron chi connectivity index (χ3n) is 2.99. The number of carbonyl (C=O) groups excluding carboxylic acids is 1. The number of rotatable bonds is 4. The van der Waals surface area contributed by atoms with Crippen LogP contribution in [0.1, 0.15) is 28.2 Å². The first-order chi connectivity index (χ1) is 9.63. The van der Waals surface area contributed by atoms with Gasteiger partial charge >= 0.3 is 0 Å². The highest BCUT2D eigenvalue weighted by Crippen LogP contribution is 2.28. The predicted molar refractivity (Wildman–Crippen MR) is 86.9 cm³/mol. The summed E-state index contributed by atoms with van der Waals surface area (Å²) in [6.45, 7) is 1.89. The van der Waals surface area contributed by atoms with Gasteiger partial charge in [-0.2, -0.15) is 0 Å². The molecule has 1 atom stereocenters. The van der Waals surface area contributed by atoms with Crippen molar-refractivity contribution in [2.24, 2.45) is 0 Å². The number of alkyl halides is 1. The standard InChI is InChI=1S/C16H16ClNOS/c1-11(17)12-7-3-5-9-14(12)18-16(19)13-8-4-6-10-15(13)20-2/h3-11H,1-2H3,(H,18,19). The zero-order chi connectivity index (χ0) is 14.5. The molecule has 2 aromatic carbocycles. The molecule has 2 rings (SSSR count). The zero-order valence-electron chi connectivity index (χ0n) is 11.4. The fraction of sp³-hybridized carbons (Fsp3) is 0.188. The number of hydrogen-bond donors (Lipinski definition) is 1. The van der Waals surface area contributed by atoms with Crippen LogP contribution in [0.2, 0.25) is 0 Å². The van der Waals surface area contributed by atoms with Gasteiger partial charge in [0, 0.05) is 10.6 Å². The Bertz CT molecular complexity index is 613. The number of benzene rings is 2. The average molecular weight is 306 g/mol. The normalized spacial score (nSPS) is 11.9. The van der Waals surface area contributed by atoms with Crippen molar-refractivity contribution in [2.45, 2.75) is 17.2 Å². The Kier molecular flexibility index (Phi) is 5.10. The monoisotopic (exact) mass is 305 g/mol. The van der Waals surface area contributed by atoms with Crippen LogP contribution in [0, 0.1) is 0 Å². The highest BCUT2D eigenvalue weighted by Gasteiger charge is 2.13. The van der Waals surface area contributed by atoms with Crippen LogP contribution in [0.15, 0.2) is 53.4 Å². The summed E-state index contributed by atoms with van der Waals surface area (Å²) >= 11 is 7.70. The molecule has 104 valence electrons. The first-order valence-corrected chi connectivity index (χ1v) is 7.97. The van der Waals surface area contributed by atoms with Crippen LogP contribution in [0.4, 0.5) is 5.69 Å². The quantitative estimate of drug-likeness (QED) is 0.639. The van der Waals surface area contributed by atoms with Gasteiger partial charge < -0.3 is 5.32 Å². The van der Waals surface area contributed by atoms with Crippen LogP contribution < -0.4 is 5.32 Å². The first kappa shape index (κ1) is 14.9. The van der Waals surface area contributed by atoms with Crippen LogP contribution in [-0.2, 0) is 0 Å². The molecule has 0 spiro atoms. The van der Waals surface area contributed by atoms with E-state index in [4.69, 9.17) is 11.6 Å². The summed E-state index contributed by atoms with van der Waals surface area (Å²) in [5, 5.41) is 2.80. The van der Waals surface area contributed by atoms with Crippen LogP contribution in [0.25, 0.3) is 0 Å². The molecule has 2 nitrogen and oxygen atoms in total. The summed E-state index contributed by atoms with van der Waals surface area (Å²) in [5.74, 6) is -0.111. The van der Waals surface area contributed by atoms with E-state index in [1.807, 2.05) is 61.7 Å². The summed E-state index contributed by atoms with van der Waals surface area (Å²) in [5.41, 5.74) is 2.36. The van der Waals surface area contributed by atoms with E-state index in [0.717, 1.165) is 16.1 Å². The van der Waals surface area contributed by atoms with E-state index < -0.39 is 0 Å². The Hall–Kier alpha value is -1.45. The molecule has 4 heteroatoms. The number of amides is 1. The molecule has 0 aliphatic rings. The SMILES string of the molecule is CSc1ccccc1C(=O)Nc1ccccc1C(C)Cl. The van der Waals surface area contributed by atoms with Crippen LogP contribution in [0.5, 0.6) is 0 Å². The minimum Gasteiger partial charge on any atom is -0.322 e. The molecule has 0 aromatic heterocycles. The van der Waals surface area contributed by atoms with Crippen LogP contribution in [-0.4, -0.2) is 12.2 Å². The minimum absolute atomic E-state index is 0.111. The summed E-state index contributed by atoms with van der Waals surface area (Å²) in [6.07, 6.45) is 1.96. The summed E-state index contributed by atoms with van der Waals surface area (Å²) in [7, 11) is 0. The molecule has 2 aromatic rings. The lowest BCUT2D eigenvalue weighted by molar-refractivity contribution is 0.102. The fourth-order valence-electron chi connectivity index (χ4n) is 1.98. The third-order valence-corrected chi connectivity index (χ3v) is 4.02. The Morgan fingerprint density at radius 3 is 2.50 bits per heavy atom. The molecule has 0 heterocycles. The van der Waals surface area contributed by atoms with Gasteiger partial charge in [-0.25, -0.2) is 0 Å². The van der Waals surface area contributed by atoms with E-state index in [-0.39, 0.29) is 11.3 Å². The van der Waals surface area contributed by atoms with E-state index in [1.54, 1.807) is 11.8 Å². The summed E-state index contributed by atoms with van der Waals surface area (Å²) in [6, 6.07) is 15.2. The van der Waals surface area contributed by atoms with E-state index in [9.17, 15) is 4.79 Å². The van der Waals surface area contributed by atoms with Crippen molar-refractivity contribution < 1.29 is 4.79 Å². The van der Waals surface area contributed by atoms with E-state index in [1.165, 1.54) is 0 Å². The molecule has 1 N–H and O–H groups in total. The predicted octanol–water partition coefficient (Wildman–Crippen LogP) is 4.96. The molecule has 1 amide bonds. The van der Waals surface area contributed by atoms with Crippen molar-refractivity contribution >= 4 is 35.0 Å². The Morgan fingerprint density at radius 1 is 1.15 bits per heavy atom. The maximum Gasteiger partial charge on any atom is 0.256 e. The topological polar surface area (TPSA) is 29.1 Å². The largest absolute Gasteiger partial charge is 0.322 e. The van der Waals surface area contributed by atoms with Gasteiger partial charge in [-0.3, -0.25) is 4.79 Å². The van der Waals surface area contributed by atoms with Gasteiger partial charge in [0.1, 0.15) is 0 Å². The highest BCUT2D eigenvalue weighted by atomic mass is 35.5. The van der Waals surface area contributed by atoms with Crippen molar-refractivity contribution in [1.82, 2.24) is 0 Å². The zero-order valence-corrected chi connectivity index (χ0v) is 13.0. The van der Waals surface area contributed by atoms with Gasteiger partial charge in [0.2, 0.25) is 0 Å². The number of halogens is 1. The molecule has 0 aliphatic heterocycles. The van der Waals surface area contributed by atoms with Crippen molar-refractivity contribution in [3.05, 3.63) is 59.7 Å². The van der Waals surface area contributed by atoms with Gasteiger partial charge in [-0.05, 0) is 36.9 Å². The Morgan fingerprint density at radius 2 is 1.80 bits per heavy atom. The van der Waals surface area contributed by atoms with Crippen molar-refractivity contribution in [1.29, 1.82) is 0 Å². The molecule has 0 aliphatic carbocycles. The number of anilines is 1. The minimum atomic E-state index is -0.151. The van der Waals surface area contributed by atoms with E-state index in [2.05, 4.69) is 5.32 Å². The number of hydrogen-bond acceptors (Lipinski definition) is 2. The lowest BCUT2D eigenvalue weighted by atomic mass is 10.1. The lowest BCUT2D eigenvalue weighted by Crippen LogP contribution is -2.14. The second-order valence-electron chi connectivity index (χ2n) is 4.36. The molecule has 20 heavy (non-hydrogen) atoms. The fourth-order valence-corrected chi connectivity index (χ4v) is 2.77. The van der Waals surface area contributed by atoms with Crippen molar-refractivity contribution in [3.63, 3.8) is 0 Å². The summed E-state index contributed by atoms with van der Waals surface area (Å²) < 4.78 is 0.